The van der Waals surface area contributed by atoms with Gasteiger partial charge in [0, 0.05) is 38.2 Å². The normalized spacial score (nSPS) is 17.5. The van der Waals surface area contributed by atoms with E-state index in [1.807, 2.05) is 0 Å². The minimum absolute atomic E-state index is 0. The molecule has 0 amide bonds. The van der Waals surface area contributed by atoms with Crippen LogP contribution in [0.2, 0.25) is 0 Å². The highest BCUT2D eigenvalue weighted by molar-refractivity contribution is 14.0. The lowest BCUT2D eigenvalue weighted by atomic mass is 9.99. The zero-order chi connectivity index (χ0) is 19.6. The summed E-state index contributed by atoms with van der Waals surface area (Å²) in [6.45, 7) is 18.0. The van der Waals surface area contributed by atoms with E-state index >= 15 is 0 Å². The SMILES string of the molecule is CCNC(=NCc1cc(C(CC)CC)no1)N1CCC(CN(CC)CC)C1.I. The van der Waals surface area contributed by atoms with Gasteiger partial charge in [0.25, 0.3) is 0 Å². The van der Waals surface area contributed by atoms with Gasteiger partial charge < -0.3 is 19.6 Å². The van der Waals surface area contributed by atoms with Crippen molar-refractivity contribution in [1.29, 1.82) is 0 Å². The number of hydrogen-bond donors (Lipinski definition) is 1. The molecule has 0 spiro atoms. The molecule has 0 aliphatic carbocycles. The zero-order valence-corrected chi connectivity index (χ0v) is 20.7. The molecule has 28 heavy (non-hydrogen) atoms. The first-order valence-electron chi connectivity index (χ1n) is 10.9. The Bertz CT molecular complexity index is 569. The summed E-state index contributed by atoms with van der Waals surface area (Å²) in [6, 6.07) is 2.08. The fraction of sp³-hybridized carbons (Fsp3) is 0.810. The molecular formula is C21H40IN5O. The number of aliphatic imine (C=N–C) groups is 1. The van der Waals surface area contributed by atoms with E-state index in [-0.39, 0.29) is 24.0 Å². The van der Waals surface area contributed by atoms with Crippen LogP contribution in [0.4, 0.5) is 0 Å². The lowest BCUT2D eigenvalue weighted by Gasteiger charge is -2.24. The van der Waals surface area contributed by atoms with Gasteiger partial charge in [0.1, 0.15) is 6.54 Å². The number of guanidine groups is 1. The van der Waals surface area contributed by atoms with Crippen LogP contribution >= 0.6 is 24.0 Å². The van der Waals surface area contributed by atoms with Gasteiger partial charge in [0.05, 0.1) is 5.69 Å². The lowest BCUT2D eigenvalue weighted by Crippen LogP contribution is -2.40. The molecule has 0 radical (unpaired) electrons. The van der Waals surface area contributed by atoms with Crippen LogP contribution in [0.3, 0.4) is 0 Å². The van der Waals surface area contributed by atoms with E-state index in [2.05, 4.69) is 61.0 Å². The maximum absolute atomic E-state index is 5.53. The predicted molar refractivity (Wildman–Crippen MR) is 128 cm³/mol. The van der Waals surface area contributed by atoms with Crippen LogP contribution in [0.1, 0.15) is 71.3 Å². The molecule has 7 heteroatoms. The van der Waals surface area contributed by atoms with E-state index < -0.39 is 0 Å². The van der Waals surface area contributed by atoms with Crippen LogP contribution in [0.5, 0.6) is 0 Å². The minimum Gasteiger partial charge on any atom is -0.359 e. The molecule has 1 aliphatic rings. The maximum atomic E-state index is 5.53. The smallest absolute Gasteiger partial charge is 0.194 e. The second kappa shape index (κ2) is 13.4. The van der Waals surface area contributed by atoms with E-state index in [0.717, 1.165) is 68.9 Å². The van der Waals surface area contributed by atoms with Crippen molar-refractivity contribution >= 4 is 29.9 Å². The third-order valence-electron chi connectivity index (χ3n) is 5.70. The molecule has 1 saturated heterocycles. The highest BCUT2D eigenvalue weighted by atomic mass is 127. The fourth-order valence-electron chi connectivity index (χ4n) is 3.90. The Hall–Kier alpha value is -0.830. The van der Waals surface area contributed by atoms with Gasteiger partial charge in [-0.25, -0.2) is 4.99 Å². The maximum Gasteiger partial charge on any atom is 0.194 e. The Kier molecular flexibility index (Phi) is 12.1. The fourth-order valence-corrected chi connectivity index (χ4v) is 3.90. The summed E-state index contributed by atoms with van der Waals surface area (Å²) in [4.78, 5) is 9.75. The third-order valence-corrected chi connectivity index (χ3v) is 5.70. The Morgan fingerprint density at radius 1 is 1.29 bits per heavy atom. The number of nitrogens with zero attached hydrogens (tertiary/aromatic N) is 4. The molecule has 0 bridgehead atoms. The molecule has 6 nitrogen and oxygen atoms in total. The van der Waals surface area contributed by atoms with Gasteiger partial charge in [-0.2, -0.15) is 0 Å². The second-order valence-corrected chi connectivity index (χ2v) is 7.49. The summed E-state index contributed by atoms with van der Waals surface area (Å²) < 4.78 is 5.53. The summed E-state index contributed by atoms with van der Waals surface area (Å²) in [5, 5.41) is 7.71. The summed E-state index contributed by atoms with van der Waals surface area (Å²) in [7, 11) is 0. The molecule has 1 unspecified atom stereocenters. The van der Waals surface area contributed by atoms with Gasteiger partial charge in [-0.05, 0) is 45.2 Å². The van der Waals surface area contributed by atoms with Crippen molar-refractivity contribution in [1.82, 2.24) is 20.3 Å². The molecule has 0 saturated carbocycles. The Morgan fingerprint density at radius 3 is 2.61 bits per heavy atom. The lowest BCUT2D eigenvalue weighted by molar-refractivity contribution is 0.255. The van der Waals surface area contributed by atoms with Gasteiger partial charge in [-0.3, -0.25) is 0 Å². The van der Waals surface area contributed by atoms with Crippen LogP contribution in [-0.4, -0.2) is 60.2 Å². The molecule has 162 valence electrons. The molecule has 1 aliphatic heterocycles. The second-order valence-electron chi connectivity index (χ2n) is 7.49. The summed E-state index contributed by atoms with van der Waals surface area (Å²) in [6.07, 6.45) is 3.42. The average Bonchev–Trinajstić information content (AvgIpc) is 3.34. The molecule has 1 N–H and O–H groups in total. The van der Waals surface area contributed by atoms with Gasteiger partial charge in [-0.1, -0.05) is 32.9 Å². The molecule has 1 fully saturated rings. The standard InChI is InChI=1S/C21H39N5O.HI/c1-6-18(7-2)20-13-19(27-24-20)14-23-21(22-8-3)26-12-11-17(16-26)15-25(9-4)10-5;/h13,17-18H,6-12,14-16H2,1-5H3,(H,22,23);1H. The summed E-state index contributed by atoms with van der Waals surface area (Å²) >= 11 is 0. The van der Waals surface area contributed by atoms with Crippen molar-refractivity contribution in [2.24, 2.45) is 10.9 Å². The molecular weight excluding hydrogens is 465 g/mol. The first-order chi connectivity index (χ1) is 13.1. The molecule has 0 aromatic carbocycles. The highest BCUT2D eigenvalue weighted by Crippen LogP contribution is 2.23. The number of aromatic nitrogens is 1. The molecule has 1 atom stereocenters. The van der Waals surface area contributed by atoms with E-state index in [1.165, 1.54) is 13.0 Å². The van der Waals surface area contributed by atoms with Gasteiger partial charge in [0.2, 0.25) is 0 Å². The molecule has 1 aromatic heterocycles. The van der Waals surface area contributed by atoms with Crippen LogP contribution < -0.4 is 5.32 Å². The molecule has 2 heterocycles. The van der Waals surface area contributed by atoms with Gasteiger partial charge in [0.15, 0.2) is 11.7 Å². The number of likely N-dealkylation sites (tertiary alicyclic amines) is 1. The Morgan fingerprint density at radius 2 is 2.00 bits per heavy atom. The average molecular weight is 505 g/mol. The van der Waals surface area contributed by atoms with Crippen molar-refractivity contribution in [3.63, 3.8) is 0 Å². The highest BCUT2D eigenvalue weighted by Gasteiger charge is 2.26. The van der Waals surface area contributed by atoms with E-state index in [9.17, 15) is 0 Å². The van der Waals surface area contributed by atoms with Crippen molar-refractivity contribution in [3.05, 3.63) is 17.5 Å². The Labute approximate surface area is 188 Å². The van der Waals surface area contributed by atoms with Crippen molar-refractivity contribution < 1.29 is 4.52 Å². The Balaban J connectivity index is 0.00000392. The monoisotopic (exact) mass is 505 g/mol. The van der Waals surface area contributed by atoms with Gasteiger partial charge >= 0.3 is 0 Å². The number of nitrogens with one attached hydrogen (secondary N) is 1. The van der Waals surface area contributed by atoms with Crippen LogP contribution in [-0.2, 0) is 6.54 Å². The van der Waals surface area contributed by atoms with Crippen LogP contribution in [0.25, 0.3) is 0 Å². The van der Waals surface area contributed by atoms with E-state index in [1.54, 1.807) is 0 Å². The summed E-state index contributed by atoms with van der Waals surface area (Å²) in [5.74, 6) is 3.06. The molecule has 2 rings (SSSR count). The first-order valence-corrected chi connectivity index (χ1v) is 10.9. The number of halogens is 1. The third kappa shape index (κ3) is 7.21. The van der Waals surface area contributed by atoms with Crippen LogP contribution in [0.15, 0.2) is 15.6 Å². The van der Waals surface area contributed by atoms with E-state index in [4.69, 9.17) is 9.52 Å². The number of rotatable bonds is 10. The zero-order valence-electron chi connectivity index (χ0n) is 18.4. The predicted octanol–water partition coefficient (Wildman–Crippen LogP) is 4.33. The minimum atomic E-state index is 0. The largest absolute Gasteiger partial charge is 0.359 e. The quantitative estimate of drug-likeness (QED) is 0.292. The first kappa shape index (κ1) is 25.2. The van der Waals surface area contributed by atoms with Crippen molar-refractivity contribution in [2.75, 3.05) is 39.3 Å². The van der Waals surface area contributed by atoms with E-state index in [0.29, 0.717) is 12.5 Å². The topological polar surface area (TPSA) is 56.9 Å². The number of hydrogen-bond acceptors (Lipinski definition) is 4. The van der Waals surface area contributed by atoms with Crippen molar-refractivity contribution in [3.8, 4) is 0 Å². The van der Waals surface area contributed by atoms with Crippen molar-refractivity contribution in [2.45, 2.75) is 66.3 Å². The molecule has 1 aromatic rings. The summed E-state index contributed by atoms with van der Waals surface area (Å²) in [5.41, 5.74) is 1.07. The van der Waals surface area contributed by atoms with Crippen LogP contribution in [0, 0.1) is 5.92 Å². The van der Waals surface area contributed by atoms with Gasteiger partial charge in [-0.15, -0.1) is 24.0 Å².